The highest BCUT2D eigenvalue weighted by Crippen LogP contribution is 2.36. The zero-order valence-corrected chi connectivity index (χ0v) is 21.7. The third kappa shape index (κ3) is 5.99. The van der Waals surface area contributed by atoms with Gasteiger partial charge in [0, 0.05) is 37.9 Å². The maximum Gasteiger partial charge on any atom is 0.273 e. The van der Waals surface area contributed by atoms with Crippen LogP contribution in [0.4, 0.5) is 17.5 Å². The molecular formula is C27H34N8O3. The largest absolute Gasteiger partial charge is 0.364 e. The predicted molar refractivity (Wildman–Crippen MR) is 145 cm³/mol. The van der Waals surface area contributed by atoms with Crippen molar-refractivity contribution in [1.29, 1.82) is 0 Å². The number of rotatable bonds is 8. The molecule has 0 bridgehead atoms. The first kappa shape index (κ1) is 26.8. The van der Waals surface area contributed by atoms with Gasteiger partial charge in [-0.15, -0.1) is 10.2 Å². The summed E-state index contributed by atoms with van der Waals surface area (Å²) in [6.07, 6.45) is 6.05. The average Bonchev–Trinajstić information content (AvgIpc) is 2.93. The van der Waals surface area contributed by atoms with Crippen LogP contribution in [0.15, 0.2) is 49.6 Å². The minimum Gasteiger partial charge on any atom is -0.364 e. The van der Waals surface area contributed by atoms with Crippen LogP contribution in [-0.2, 0) is 15.0 Å². The quantitative estimate of drug-likeness (QED) is 0.452. The number of aromatic nitrogens is 3. The van der Waals surface area contributed by atoms with Gasteiger partial charge in [-0.25, -0.2) is 0 Å². The first-order valence-electron chi connectivity index (χ1n) is 12.7. The second-order valence-electron chi connectivity index (χ2n) is 9.96. The van der Waals surface area contributed by atoms with E-state index in [1.807, 2.05) is 29.2 Å². The molecule has 11 heteroatoms. The Hall–Kier alpha value is -4.28. The molecule has 2 saturated heterocycles. The van der Waals surface area contributed by atoms with Crippen molar-refractivity contribution in [2.24, 2.45) is 5.73 Å². The number of nitrogens with one attached hydrogen (secondary N) is 2. The molecule has 2 aliphatic heterocycles. The average molecular weight is 519 g/mol. The van der Waals surface area contributed by atoms with Gasteiger partial charge in [-0.3, -0.25) is 14.4 Å². The summed E-state index contributed by atoms with van der Waals surface area (Å²) < 4.78 is 0. The number of hydrogen-bond donors (Lipinski definition) is 3. The highest BCUT2D eigenvalue weighted by atomic mass is 16.2. The summed E-state index contributed by atoms with van der Waals surface area (Å²) in [5, 5.41) is 14.4. The van der Waals surface area contributed by atoms with E-state index in [-0.39, 0.29) is 40.7 Å². The lowest BCUT2D eigenvalue weighted by Gasteiger charge is -2.39. The highest BCUT2D eigenvalue weighted by Gasteiger charge is 2.32. The van der Waals surface area contributed by atoms with Crippen LogP contribution in [0, 0.1) is 0 Å². The van der Waals surface area contributed by atoms with Crippen molar-refractivity contribution < 1.29 is 14.4 Å². The summed E-state index contributed by atoms with van der Waals surface area (Å²) in [5.41, 5.74) is 7.28. The molecule has 1 aromatic carbocycles. The third-order valence-electron chi connectivity index (χ3n) is 7.36. The van der Waals surface area contributed by atoms with Gasteiger partial charge in [-0.05, 0) is 60.9 Å². The Morgan fingerprint density at radius 1 is 1.03 bits per heavy atom. The van der Waals surface area contributed by atoms with E-state index in [9.17, 15) is 14.4 Å². The Labute approximate surface area is 222 Å². The van der Waals surface area contributed by atoms with Crippen molar-refractivity contribution >= 4 is 35.2 Å². The summed E-state index contributed by atoms with van der Waals surface area (Å²) in [7, 11) is 0. The number of piperidine rings is 2. The number of benzene rings is 1. The van der Waals surface area contributed by atoms with Crippen molar-refractivity contribution in [3.63, 3.8) is 0 Å². The SMILES string of the molecule is C=CC(=O)N1CCC(C)(c2ccc(Nc3nc(N[C@@H]4CCCN(C(=O)C=C)C4)nnc3C(N)=O)cc2)CC1. The van der Waals surface area contributed by atoms with Crippen LogP contribution in [-0.4, -0.2) is 74.9 Å². The molecule has 2 fully saturated rings. The number of likely N-dealkylation sites (tertiary alicyclic amines) is 2. The minimum atomic E-state index is -0.746. The maximum atomic E-state index is 12.0. The van der Waals surface area contributed by atoms with Gasteiger partial charge in [-0.1, -0.05) is 32.2 Å². The van der Waals surface area contributed by atoms with Crippen molar-refractivity contribution in [2.75, 3.05) is 36.8 Å². The number of anilines is 3. The van der Waals surface area contributed by atoms with Crippen LogP contribution in [0.3, 0.4) is 0 Å². The van der Waals surface area contributed by atoms with Crippen LogP contribution in [0.5, 0.6) is 0 Å². The van der Waals surface area contributed by atoms with Crippen molar-refractivity contribution in [3.05, 3.63) is 60.8 Å². The molecule has 1 atom stereocenters. The predicted octanol–water partition coefficient (Wildman–Crippen LogP) is 2.37. The molecular weight excluding hydrogens is 484 g/mol. The standard InChI is InChI=1S/C27H34N8O3/c1-4-21(36)34-15-12-27(3,13-16-34)18-8-10-19(11-9-18)29-25-23(24(28)38)32-33-26(31-25)30-20-7-6-14-35(17-20)22(37)5-2/h4-5,8-11,20H,1-2,6-7,12-17H2,3H3,(H2,28,38)(H2,29,30,31,33)/t20-/m1/s1. The van der Waals surface area contributed by atoms with Gasteiger partial charge in [-0.2, -0.15) is 4.98 Å². The van der Waals surface area contributed by atoms with Crippen LogP contribution in [0.1, 0.15) is 48.7 Å². The van der Waals surface area contributed by atoms with Gasteiger partial charge in [0.2, 0.25) is 17.8 Å². The summed E-state index contributed by atoms with van der Waals surface area (Å²) in [4.78, 5) is 43.9. The van der Waals surface area contributed by atoms with Crippen molar-refractivity contribution in [2.45, 2.75) is 44.1 Å². The molecule has 11 nitrogen and oxygen atoms in total. The van der Waals surface area contributed by atoms with E-state index in [1.54, 1.807) is 4.90 Å². The number of hydrogen-bond acceptors (Lipinski definition) is 8. The molecule has 2 aromatic rings. The first-order valence-corrected chi connectivity index (χ1v) is 12.7. The monoisotopic (exact) mass is 518 g/mol. The topological polar surface area (TPSA) is 146 Å². The van der Waals surface area contributed by atoms with E-state index in [1.165, 1.54) is 17.7 Å². The summed E-state index contributed by atoms with van der Waals surface area (Å²) in [6, 6.07) is 7.86. The van der Waals surface area contributed by atoms with Gasteiger partial charge in [0.1, 0.15) is 0 Å². The van der Waals surface area contributed by atoms with E-state index in [0.717, 1.165) is 25.7 Å². The Balaban J connectivity index is 1.46. The van der Waals surface area contributed by atoms with Gasteiger partial charge >= 0.3 is 0 Å². The van der Waals surface area contributed by atoms with E-state index >= 15 is 0 Å². The normalized spacial score (nSPS) is 18.8. The van der Waals surface area contributed by atoms with E-state index in [4.69, 9.17) is 5.73 Å². The fourth-order valence-corrected chi connectivity index (χ4v) is 4.98. The molecule has 0 radical (unpaired) electrons. The van der Waals surface area contributed by atoms with Crippen LogP contribution >= 0.6 is 0 Å². The lowest BCUT2D eigenvalue weighted by Crippen LogP contribution is -2.44. The first-order chi connectivity index (χ1) is 18.2. The summed E-state index contributed by atoms with van der Waals surface area (Å²) >= 11 is 0. The van der Waals surface area contributed by atoms with Crippen LogP contribution in [0.25, 0.3) is 0 Å². The van der Waals surface area contributed by atoms with Crippen molar-refractivity contribution in [1.82, 2.24) is 25.0 Å². The highest BCUT2D eigenvalue weighted by molar-refractivity contribution is 5.96. The second-order valence-corrected chi connectivity index (χ2v) is 9.96. The zero-order valence-electron chi connectivity index (χ0n) is 21.7. The van der Waals surface area contributed by atoms with Crippen molar-refractivity contribution in [3.8, 4) is 0 Å². The number of amides is 3. The molecule has 38 heavy (non-hydrogen) atoms. The molecule has 4 rings (SSSR count). The van der Waals surface area contributed by atoms with Crippen LogP contribution in [0.2, 0.25) is 0 Å². The molecule has 200 valence electrons. The van der Waals surface area contributed by atoms with Gasteiger partial charge in [0.15, 0.2) is 11.5 Å². The number of carbonyl (C=O) groups is 3. The number of carbonyl (C=O) groups excluding carboxylic acids is 3. The zero-order chi connectivity index (χ0) is 27.3. The fourth-order valence-electron chi connectivity index (χ4n) is 4.98. The van der Waals surface area contributed by atoms with Crippen LogP contribution < -0.4 is 16.4 Å². The summed E-state index contributed by atoms with van der Waals surface area (Å²) in [5.74, 6) is -0.463. The molecule has 1 aromatic heterocycles. The lowest BCUT2D eigenvalue weighted by atomic mass is 9.74. The summed E-state index contributed by atoms with van der Waals surface area (Å²) in [6.45, 7) is 11.9. The Kier molecular flexibility index (Phi) is 8.04. The Bertz CT molecular complexity index is 1220. The smallest absolute Gasteiger partial charge is 0.273 e. The molecule has 0 spiro atoms. The molecule has 3 heterocycles. The minimum absolute atomic E-state index is 0.0322. The fraction of sp³-hybridized carbons (Fsp3) is 0.407. The molecule has 4 N–H and O–H groups in total. The number of nitrogens with zero attached hydrogens (tertiary/aromatic N) is 5. The Morgan fingerprint density at radius 2 is 1.68 bits per heavy atom. The number of nitrogens with two attached hydrogens (primary N) is 1. The second kappa shape index (κ2) is 11.4. The van der Waals surface area contributed by atoms with Gasteiger partial charge in [0.05, 0.1) is 0 Å². The number of primary amides is 1. The van der Waals surface area contributed by atoms with Gasteiger partial charge in [0.25, 0.3) is 5.91 Å². The Morgan fingerprint density at radius 3 is 2.32 bits per heavy atom. The third-order valence-corrected chi connectivity index (χ3v) is 7.36. The maximum absolute atomic E-state index is 12.0. The molecule has 3 amide bonds. The van der Waals surface area contributed by atoms with E-state index < -0.39 is 5.91 Å². The van der Waals surface area contributed by atoms with E-state index in [0.29, 0.717) is 31.9 Å². The molecule has 0 aliphatic carbocycles. The van der Waals surface area contributed by atoms with E-state index in [2.05, 4.69) is 45.9 Å². The molecule has 0 saturated carbocycles. The molecule has 2 aliphatic rings. The lowest BCUT2D eigenvalue weighted by molar-refractivity contribution is -0.128. The van der Waals surface area contributed by atoms with Gasteiger partial charge < -0.3 is 26.2 Å². The molecule has 0 unspecified atom stereocenters.